The molecule has 0 saturated carbocycles. The Hall–Kier alpha value is -2.57. The molecule has 0 spiro atoms. The molecule has 0 unspecified atom stereocenters. The summed E-state index contributed by atoms with van der Waals surface area (Å²) in [6.45, 7) is 4.02. The number of anilines is 1. The average Bonchev–Trinajstić information content (AvgIpc) is 2.38. The number of nitro groups is 1. The monoisotopic (exact) mass is 276 g/mol. The van der Waals surface area contributed by atoms with Crippen molar-refractivity contribution in [3.8, 4) is 11.3 Å². The van der Waals surface area contributed by atoms with Crippen LogP contribution >= 0.6 is 0 Å². The second-order valence-electron chi connectivity index (χ2n) is 4.12. The van der Waals surface area contributed by atoms with Crippen LogP contribution < -0.4 is 5.32 Å². The van der Waals surface area contributed by atoms with Crippen LogP contribution in [-0.4, -0.2) is 21.4 Å². The van der Waals surface area contributed by atoms with Gasteiger partial charge in [-0.15, -0.1) is 0 Å². The Bertz CT molecular complexity index is 644. The zero-order chi connectivity index (χ0) is 14.7. The summed E-state index contributed by atoms with van der Waals surface area (Å²) in [5, 5.41) is 14.1. The molecule has 0 atom stereocenters. The minimum absolute atomic E-state index is 0.168. The molecule has 0 aliphatic rings. The number of hydrogen-bond acceptors (Lipinski definition) is 5. The maximum atomic E-state index is 13.0. The van der Waals surface area contributed by atoms with Crippen molar-refractivity contribution in [2.45, 2.75) is 13.8 Å². The molecule has 0 saturated heterocycles. The Morgan fingerprint density at radius 2 is 1.95 bits per heavy atom. The lowest BCUT2D eigenvalue weighted by molar-refractivity contribution is -0.385. The van der Waals surface area contributed by atoms with Gasteiger partial charge in [0.2, 0.25) is 5.95 Å². The summed E-state index contributed by atoms with van der Waals surface area (Å²) in [6.07, 6.45) is 0. The summed E-state index contributed by atoms with van der Waals surface area (Å²) < 4.78 is 13.0. The van der Waals surface area contributed by atoms with E-state index in [0.29, 0.717) is 18.1 Å². The van der Waals surface area contributed by atoms with Crippen LogP contribution in [-0.2, 0) is 0 Å². The average molecular weight is 276 g/mol. The standard InChI is InChI=1S/C13H13FN4O2/c1-3-15-13-16-8(2)12(18(19)20)11(17-13)9-4-6-10(14)7-5-9/h4-7H,3H2,1-2H3,(H,15,16,17). The third-order valence-corrected chi connectivity index (χ3v) is 2.69. The topological polar surface area (TPSA) is 81.0 Å². The highest BCUT2D eigenvalue weighted by atomic mass is 19.1. The Kier molecular flexibility index (Phi) is 3.88. The minimum atomic E-state index is -0.524. The third-order valence-electron chi connectivity index (χ3n) is 2.69. The van der Waals surface area contributed by atoms with Gasteiger partial charge in [-0.1, -0.05) is 0 Å². The Balaban J connectivity index is 2.64. The maximum Gasteiger partial charge on any atom is 0.316 e. The quantitative estimate of drug-likeness (QED) is 0.686. The van der Waals surface area contributed by atoms with E-state index in [1.807, 2.05) is 6.92 Å². The van der Waals surface area contributed by atoms with Gasteiger partial charge in [-0.2, -0.15) is 0 Å². The molecule has 1 aromatic heterocycles. The van der Waals surface area contributed by atoms with Crippen molar-refractivity contribution in [3.05, 3.63) is 45.9 Å². The van der Waals surface area contributed by atoms with Gasteiger partial charge in [0.15, 0.2) is 5.69 Å². The maximum absolute atomic E-state index is 13.0. The second-order valence-corrected chi connectivity index (χ2v) is 4.12. The van der Waals surface area contributed by atoms with Crippen LogP contribution in [0, 0.1) is 22.9 Å². The number of aromatic nitrogens is 2. The molecule has 1 N–H and O–H groups in total. The van der Waals surface area contributed by atoms with Crippen LogP contribution in [0.1, 0.15) is 12.6 Å². The van der Waals surface area contributed by atoms with Gasteiger partial charge in [0.05, 0.1) is 4.92 Å². The van der Waals surface area contributed by atoms with Crippen molar-refractivity contribution in [1.29, 1.82) is 0 Å². The van der Waals surface area contributed by atoms with Crippen molar-refractivity contribution >= 4 is 11.6 Å². The molecule has 0 aliphatic heterocycles. The summed E-state index contributed by atoms with van der Waals surface area (Å²) in [7, 11) is 0. The van der Waals surface area contributed by atoms with E-state index in [9.17, 15) is 14.5 Å². The van der Waals surface area contributed by atoms with Crippen LogP contribution in [0.3, 0.4) is 0 Å². The molecule has 2 aromatic rings. The van der Waals surface area contributed by atoms with Gasteiger partial charge in [0.1, 0.15) is 11.5 Å². The molecule has 0 aliphatic carbocycles. The van der Waals surface area contributed by atoms with Crippen molar-refractivity contribution in [3.63, 3.8) is 0 Å². The highest BCUT2D eigenvalue weighted by molar-refractivity contribution is 5.71. The first-order chi connectivity index (χ1) is 9.52. The number of nitrogens with zero attached hydrogens (tertiary/aromatic N) is 3. The van der Waals surface area contributed by atoms with Crippen LogP contribution in [0.4, 0.5) is 16.0 Å². The normalized spacial score (nSPS) is 10.3. The molecule has 7 heteroatoms. The van der Waals surface area contributed by atoms with Gasteiger partial charge < -0.3 is 5.32 Å². The number of rotatable bonds is 4. The predicted molar refractivity (Wildman–Crippen MR) is 73.0 cm³/mol. The fraction of sp³-hybridized carbons (Fsp3) is 0.231. The lowest BCUT2D eigenvalue weighted by Crippen LogP contribution is -2.07. The highest BCUT2D eigenvalue weighted by Gasteiger charge is 2.23. The molecule has 6 nitrogen and oxygen atoms in total. The van der Waals surface area contributed by atoms with Gasteiger partial charge in [0.25, 0.3) is 0 Å². The highest BCUT2D eigenvalue weighted by Crippen LogP contribution is 2.31. The number of benzene rings is 1. The smallest absolute Gasteiger partial charge is 0.316 e. The fourth-order valence-electron chi connectivity index (χ4n) is 1.83. The Labute approximate surface area is 114 Å². The van der Waals surface area contributed by atoms with Gasteiger partial charge in [0, 0.05) is 12.1 Å². The molecule has 1 aromatic carbocycles. The molecule has 0 fully saturated rings. The van der Waals surface area contributed by atoms with Gasteiger partial charge in [-0.3, -0.25) is 10.1 Å². The van der Waals surface area contributed by atoms with E-state index in [4.69, 9.17) is 0 Å². The molecule has 2 rings (SSSR count). The van der Waals surface area contributed by atoms with E-state index < -0.39 is 10.7 Å². The van der Waals surface area contributed by atoms with E-state index in [1.165, 1.54) is 24.3 Å². The van der Waals surface area contributed by atoms with Gasteiger partial charge >= 0.3 is 5.69 Å². The first-order valence-electron chi connectivity index (χ1n) is 6.05. The molecule has 1 heterocycles. The van der Waals surface area contributed by atoms with Crippen LogP contribution in [0.15, 0.2) is 24.3 Å². The van der Waals surface area contributed by atoms with Crippen LogP contribution in [0.2, 0.25) is 0 Å². The van der Waals surface area contributed by atoms with E-state index in [1.54, 1.807) is 6.92 Å². The molecular formula is C13H13FN4O2. The van der Waals surface area contributed by atoms with E-state index >= 15 is 0 Å². The fourth-order valence-corrected chi connectivity index (χ4v) is 1.83. The first kappa shape index (κ1) is 13.9. The van der Waals surface area contributed by atoms with E-state index in [2.05, 4.69) is 15.3 Å². The zero-order valence-corrected chi connectivity index (χ0v) is 11.1. The van der Waals surface area contributed by atoms with E-state index in [0.717, 1.165) is 0 Å². The van der Waals surface area contributed by atoms with Gasteiger partial charge in [-0.25, -0.2) is 14.4 Å². The molecule has 0 radical (unpaired) electrons. The van der Waals surface area contributed by atoms with Crippen molar-refractivity contribution < 1.29 is 9.31 Å². The van der Waals surface area contributed by atoms with Gasteiger partial charge in [-0.05, 0) is 38.1 Å². The summed E-state index contributed by atoms with van der Waals surface area (Å²) >= 11 is 0. The van der Waals surface area contributed by atoms with Crippen molar-refractivity contribution in [1.82, 2.24) is 9.97 Å². The summed E-state index contributed by atoms with van der Waals surface area (Å²) in [5.41, 5.74) is 0.750. The lowest BCUT2D eigenvalue weighted by atomic mass is 10.1. The summed E-state index contributed by atoms with van der Waals surface area (Å²) in [5.74, 6) is -0.0935. The van der Waals surface area contributed by atoms with Crippen molar-refractivity contribution in [2.24, 2.45) is 0 Å². The largest absolute Gasteiger partial charge is 0.354 e. The molecule has 104 valence electrons. The number of nitrogens with one attached hydrogen (secondary N) is 1. The third kappa shape index (κ3) is 2.71. The SMILES string of the molecule is CCNc1nc(C)c([N+](=O)[O-])c(-c2ccc(F)cc2)n1. The Morgan fingerprint density at radius 1 is 1.30 bits per heavy atom. The summed E-state index contributed by atoms with van der Waals surface area (Å²) in [6, 6.07) is 5.40. The number of halogens is 1. The number of aryl methyl sites for hydroxylation is 1. The Morgan fingerprint density at radius 3 is 2.50 bits per heavy atom. The zero-order valence-electron chi connectivity index (χ0n) is 11.1. The first-order valence-corrected chi connectivity index (χ1v) is 6.05. The molecule has 0 bridgehead atoms. The van der Waals surface area contributed by atoms with Crippen molar-refractivity contribution in [2.75, 3.05) is 11.9 Å². The number of hydrogen-bond donors (Lipinski definition) is 1. The molecular weight excluding hydrogens is 263 g/mol. The van der Waals surface area contributed by atoms with Crippen LogP contribution in [0.5, 0.6) is 0 Å². The molecule has 20 heavy (non-hydrogen) atoms. The van der Waals surface area contributed by atoms with E-state index in [-0.39, 0.29) is 17.1 Å². The minimum Gasteiger partial charge on any atom is -0.354 e. The predicted octanol–water partition coefficient (Wildman–Crippen LogP) is 2.93. The second kappa shape index (κ2) is 5.60. The summed E-state index contributed by atoms with van der Waals surface area (Å²) in [4.78, 5) is 18.9. The lowest BCUT2D eigenvalue weighted by Gasteiger charge is -2.08. The van der Waals surface area contributed by atoms with Crippen LogP contribution in [0.25, 0.3) is 11.3 Å². The molecule has 0 amide bonds.